The summed E-state index contributed by atoms with van der Waals surface area (Å²) < 4.78 is 12.0. The van der Waals surface area contributed by atoms with Gasteiger partial charge < -0.3 is 14.6 Å². The minimum Gasteiger partial charge on any atom is -0.486 e. The Morgan fingerprint density at radius 3 is 2.81 bits per heavy atom. The Morgan fingerprint density at radius 2 is 2.00 bits per heavy atom. The predicted molar refractivity (Wildman–Crippen MR) is 85.2 cm³/mol. The first-order valence-electron chi connectivity index (χ1n) is 6.65. The van der Waals surface area contributed by atoms with Gasteiger partial charge in [0.25, 0.3) is 0 Å². The molecule has 1 aliphatic rings. The molecule has 0 amide bonds. The minimum absolute atomic E-state index is 0.468. The van der Waals surface area contributed by atoms with Crippen molar-refractivity contribution in [2.24, 2.45) is 0 Å². The molecule has 21 heavy (non-hydrogen) atoms. The smallest absolute Gasteiger partial charge is 0.179 e. The fraction of sp³-hybridized carbons (Fsp3) is 0.250. The highest BCUT2D eigenvalue weighted by Crippen LogP contribution is 2.40. The number of fused-ring (bicyclic) bond motifs is 1. The molecule has 1 aliphatic heterocycles. The molecule has 110 valence electrons. The van der Waals surface area contributed by atoms with E-state index in [1.165, 1.54) is 0 Å². The second-order valence-electron chi connectivity index (χ2n) is 4.88. The molecule has 0 spiro atoms. The van der Waals surface area contributed by atoms with Crippen LogP contribution < -0.4 is 9.47 Å². The quantitative estimate of drug-likeness (QED) is 0.883. The van der Waals surface area contributed by atoms with Gasteiger partial charge in [-0.15, -0.1) is 0 Å². The Hall–Kier alpha value is -1.23. The first kappa shape index (κ1) is 14.7. The first-order valence-corrected chi connectivity index (χ1v) is 7.82. The van der Waals surface area contributed by atoms with Crippen molar-refractivity contribution in [3.8, 4) is 11.5 Å². The van der Waals surface area contributed by atoms with Crippen molar-refractivity contribution in [2.75, 3.05) is 13.2 Å². The second-order valence-corrected chi connectivity index (χ2v) is 6.20. The van der Waals surface area contributed by atoms with Crippen molar-refractivity contribution in [1.82, 2.24) is 0 Å². The molecule has 2 aromatic carbocycles. The van der Waals surface area contributed by atoms with E-state index in [1.807, 2.05) is 24.3 Å². The zero-order valence-corrected chi connectivity index (χ0v) is 13.5. The molecule has 0 bridgehead atoms. The molecule has 3 nitrogen and oxygen atoms in total. The van der Waals surface area contributed by atoms with Crippen LogP contribution in [0.5, 0.6) is 11.5 Å². The maximum absolute atomic E-state index is 10.4. The maximum atomic E-state index is 10.4. The van der Waals surface area contributed by atoms with Crippen LogP contribution in [-0.2, 0) is 6.42 Å². The van der Waals surface area contributed by atoms with Crippen molar-refractivity contribution in [3.63, 3.8) is 0 Å². The van der Waals surface area contributed by atoms with Crippen LogP contribution in [-0.4, -0.2) is 18.3 Å². The number of rotatable bonds is 3. The number of ether oxygens (including phenoxy) is 2. The van der Waals surface area contributed by atoms with Crippen LogP contribution in [0.2, 0.25) is 5.02 Å². The summed E-state index contributed by atoms with van der Waals surface area (Å²) in [7, 11) is 0. The van der Waals surface area contributed by atoms with E-state index >= 15 is 0 Å². The Balaban J connectivity index is 1.84. The molecular formula is C16H14BrClO3. The third-order valence-corrected chi connectivity index (χ3v) is 4.10. The van der Waals surface area contributed by atoms with E-state index < -0.39 is 6.10 Å². The van der Waals surface area contributed by atoms with Crippen LogP contribution in [0, 0.1) is 0 Å². The largest absolute Gasteiger partial charge is 0.486 e. The molecular weight excluding hydrogens is 356 g/mol. The standard InChI is InChI=1S/C16H14BrClO3/c17-12-3-1-2-10(6-12)7-14(19)11-8-13(18)16-15(9-11)20-4-5-21-16/h1-3,6,8-9,14,19H,4-5,7H2. The molecule has 3 rings (SSSR count). The highest BCUT2D eigenvalue weighted by Gasteiger charge is 2.19. The molecule has 1 heterocycles. The number of aliphatic hydroxyl groups is 1. The van der Waals surface area contributed by atoms with Gasteiger partial charge in [-0.3, -0.25) is 0 Å². The summed E-state index contributed by atoms with van der Waals surface area (Å²) in [6, 6.07) is 11.4. The monoisotopic (exact) mass is 368 g/mol. The molecule has 0 saturated carbocycles. The average Bonchev–Trinajstić information content (AvgIpc) is 2.47. The highest BCUT2D eigenvalue weighted by atomic mass is 79.9. The Morgan fingerprint density at radius 1 is 1.19 bits per heavy atom. The van der Waals surface area contributed by atoms with Crippen LogP contribution in [0.15, 0.2) is 40.9 Å². The summed E-state index contributed by atoms with van der Waals surface area (Å²) in [4.78, 5) is 0. The van der Waals surface area contributed by atoms with Gasteiger partial charge in [-0.05, 0) is 35.4 Å². The van der Waals surface area contributed by atoms with Crippen LogP contribution in [0.3, 0.4) is 0 Å². The number of aliphatic hydroxyl groups excluding tert-OH is 1. The zero-order valence-electron chi connectivity index (χ0n) is 11.2. The van der Waals surface area contributed by atoms with Gasteiger partial charge in [-0.25, -0.2) is 0 Å². The van der Waals surface area contributed by atoms with E-state index in [0.717, 1.165) is 15.6 Å². The lowest BCUT2D eigenvalue weighted by Gasteiger charge is -2.21. The first-order chi connectivity index (χ1) is 10.1. The van der Waals surface area contributed by atoms with E-state index in [2.05, 4.69) is 15.9 Å². The fourth-order valence-electron chi connectivity index (χ4n) is 2.33. The topological polar surface area (TPSA) is 38.7 Å². The van der Waals surface area contributed by atoms with Crippen LogP contribution in [0.25, 0.3) is 0 Å². The van der Waals surface area contributed by atoms with Gasteiger partial charge in [-0.2, -0.15) is 0 Å². The molecule has 1 N–H and O–H groups in total. The van der Waals surface area contributed by atoms with Gasteiger partial charge in [0.1, 0.15) is 13.2 Å². The maximum Gasteiger partial charge on any atom is 0.179 e. The number of benzene rings is 2. The lowest BCUT2D eigenvalue weighted by atomic mass is 10.0. The van der Waals surface area contributed by atoms with Gasteiger partial charge in [0.15, 0.2) is 11.5 Å². The Labute approximate surface area is 136 Å². The lowest BCUT2D eigenvalue weighted by molar-refractivity contribution is 0.164. The minimum atomic E-state index is -0.646. The van der Waals surface area contributed by atoms with E-state index in [4.69, 9.17) is 21.1 Å². The molecule has 0 radical (unpaired) electrons. The number of halogens is 2. The third kappa shape index (κ3) is 3.34. The molecule has 5 heteroatoms. The van der Waals surface area contributed by atoms with Crippen molar-refractivity contribution < 1.29 is 14.6 Å². The molecule has 0 aromatic heterocycles. The summed E-state index contributed by atoms with van der Waals surface area (Å²) >= 11 is 9.63. The fourth-order valence-corrected chi connectivity index (χ4v) is 3.05. The van der Waals surface area contributed by atoms with Crippen molar-refractivity contribution >= 4 is 27.5 Å². The molecule has 1 atom stereocenters. The molecule has 1 unspecified atom stereocenters. The van der Waals surface area contributed by atoms with Gasteiger partial charge in [0.2, 0.25) is 0 Å². The van der Waals surface area contributed by atoms with Crippen LogP contribution >= 0.6 is 27.5 Å². The van der Waals surface area contributed by atoms with E-state index in [9.17, 15) is 5.11 Å². The van der Waals surface area contributed by atoms with Crippen LogP contribution in [0.1, 0.15) is 17.2 Å². The summed E-state index contributed by atoms with van der Waals surface area (Å²) in [5.74, 6) is 1.15. The SMILES string of the molecule is OC(Cc1cccc(Br)c1)c1cc(Cl)c2c(c1)OCCO2. The third-order valence-electron chi connectivity index (χ3n) is 3.32. The average molecular weight is 370 g/mol. The summed E-state index contributed by atoms with van der Waals surface area (Å²) in [5, 5.41) is 10.9. The Bertz CT molecular complexity index is 660. The summed E-state index contributed by atoms with van der Waals surface area (Å²) in [6.07, 6.45) is -0.136. The van der Waals surface area contributed by atoms with Gasteiger partial charge >= 0.3 is 0 Å². The van der Waals surface area contributed by atoms with E-state index in [1.54, 1.807) is 12.1 Å². The number of hydrogen-bond acceptors (Lipinski definition) is 3. The predicted octanol–water partition coefficient (Wildman–Crippen LogP) is 4.15. The van der Waals surface area contributed by atoms with Crippen molar-refractivity contribution in [3.05, 3.63) is 57.0 Å². The molecule has 2 aromatic rings. The van der Waals surface area contributed by atoms with Gasteiger partial charge in [0, 0.05) is 10.9 Å². The summed E-state index contributed by atoms with van der Waals surface area (Å²) in [5.41, 5.74) is 1.77. The second kappa shape index (κ2) is 6.26. The zero-order chi connectivity index (χ0) is 14.8. The van der Waals surface area contributed by atoms with Crippen molar-refractivity contribution in [2.45, 2.75) is 12.5 Å². The molecule has 0 aliphatic carbocycles. The lowest BCUT2D eigenvalue weighted by Crippen LogP contribution is -2.16. The van der Waals surface area contributed by atoms with Gasteiger partial charge in [-0.1, -0.05) is 39.7 Å². The van der Waals surface area contributed by atoms with Gasteiger partial charge in [0.05, 0.1) is 11.1 Å². The molecule has 0 fully saturated rings. The van der Waals surface area contributed by atoms with Crippen LogP contribution in [0.4, 0.5) is 0 Å². The van der Waals surface area contributed by atoms with Crippen molar-refractivity contribution in [1.29, 1.82) is 0 Å². The summed E-state index contributed by atoms with van der Waals surface area (Å²) in [6.45, 7) is 0.987. The highest BCUT2D eigenvalue weighted by molar-refractivity contribution is 9.10. The normalized spacial score (nSPS) is 14.8. The Kier molecular flexibility index (Phi) is 4.38. The number of hydrogen-bond donors (Lipinski definition) is 1. The van der Waals surface area contributed by atoms with E-state index in [-0.39, 0.29) is 0 Å². The van der Waals surface area contributed by atoms with E-state index in [0.29, 0.717) is 36.2 Å². The molecule has 0 saturated heterocycles.